The van der Waals surface area contributed by atoms with Crippen LogP contribution in [-0.4, -0.2) is 14.8 Å². The van der Waals surface area contributed by atoms with E-state index in [9.17, 15) is 13.6 Å². The minimum Gasteiger partial charge on any atom is -0.244 e. The monoisotopic (exact) mass is 385 g/mol. The lowest BCUT2D eigenvalue weighted by Gasteiger charge is -2.09. The van der Waals surface area contributed by atoms with Crippen molar-refractivity contribution in [1.29, 1.82) is 0 Å². The van der Waals surface area contributed by atoms with E-state index in [1.54, 1.807) is 6.07 Å². The molecule has 0 saturated carbocycles. The van der Waals surface area contributed by atoms with Crippen molar-refractivity contribution in [2.24, 2.45) is 0 Å². The fraction of sp³-hybridized carbons (Fsp3) is 0. The van der Waals surface area contributed by atoms with Crippen LogP contribution in [0.5, 0.6) is 0 Å². The number of halogens is 4. The second kappa shape index (κ2) is 5.66. The summed E-state index contributed by atoms with van der Waals surface area (Å²) in [5.74, 6) is -1.30. The van der Waals surface area contributed by atoms with Crippen LogP contribution < -0.4 is 5.69 Å². The van der Waals surface area contributed by atoms with Gasteiger partial charge < -0.3 is 0 Å². The Balaban J connectivity index is 2.24. The molecule has 0 spiro atoms. The highest BCUT2D eigenvalue weighted by Crippen LogP contribution is 2.26. The lowest BCUT2D eigenvalue weighted by atomic mass is 10.2. The number of benzene rings is 2. The first-order chi connectivity index (χ1) is 10.5. The van der Waals surface area contributed by atoms with Crippen LogP contribution >= 0.6 is 27.5 Å². The van der Waals surface area contributed by atoms with E-state index < -0.39 is 17.3 Å². The molecule has 0 saturated heterocycles. The Hall–Kier alpha value is -1.99. The van der Waals surface area contributed by atoms with Gasteiger partial charge in [0.25, 0.3) is 0 Å². The Morgan fingerprint density at radius 3 is 2.59 bits per heavy atom. The predicted molar refractivity (Wildman–Crippen MR) is 82.2 cm³/mol. The van der Waals surface area contributed by atoms with E-state index >= 15 is 0 Å². The van der Waals surface area contributed by atoms with Gasteiger partial charge in [-0.3, -0.25) is 0 Å². The highest BCUT2D eigenvalue weighted by Gasteiger charge is 2.17. The van der Waals surface area contributed by atoms with Crippen LogP contribution in [0.15, 0.2) is 45.7 Å². The van der Waals surface area contributed by atoms with E-state index in [1.807, 2.05) is 0 Å². The molecular formula is C14H7BrClF2N3O. The summed E-state index contributed by atoms with van der Waals surface area (Å²) in [5.41, 5.74) is -0.640. The van der Waals surface area contributed by atoms with E-state index in [4.69, 9.17) is 11.6 Å². The minimum absolute atomic E-state index is 0.0325. The molecule has 8 heteroatoms. The molecule has 1 N–H and O–H groups in total. The minimum atomic E-state index is -0.716. The van der Waals surface area contributed by atoms with Crippen molar-refractivity contribution in [3.8, 4) is 17.1 Å². The van der Waals surface area contributed by atoms with E-state index in [2.05, 4.69) is 26.0 Å². The smallest absolute Gasteiger partial charge is 0.244 e. The summed E-state index contributed by atoms with van der Waals surface area (Å²) >= 11 is 8.85. The summed E-state index contributed by atoms with van der Waals surface area (Å²) in [4.78, 5) is 15.2. The van der Waals surface area contributed by atoms with Crippen LogP contribution in [0.25, 0.3) is 17.1 Å². The highest BCUT2D eigenvalue weighted by atomic mass is 79.9. The molecule has 3 aromatic rings. The Labute approximate surface area is 136 Å². The van der Waals surface area contributed by atoms with Gasteiger partial charge in [-0.2, -0.15) is 4.98 Å². The van der Waals surface area contributed by atoms with Gasteiger partial charge in [0.1, 0.15) is 17.3 Å². The van der Waals surface area contributed by atoms with E-state index in [-0.39, 0.29) is 22.1 Å². The van der Waals surface area contributed by atoms with Crippen molar-refractivity contribution in [3.05, 3.63) is 68.0 Å². The third kappa shape index (κ3) is 2.69. The topological polar surface area (TPSA) is 50.7 Å². The third-order valence-electron chi connectivity index (χ3n) is 2.95. The van der Waals surface area contributed by atoms with Crippen LogP contribution in [0.4, 0.5) is 8.78 Å². The van der Waals surface area contributed by atoms with Crippen LogP contribution in [0, 0.1) is 11.6 Å². The molecule has 2 aromatic carbocycles. The molecule has 0 aliphatic rings. The molecule has 0 bridgehead atoms. The van der Waals surface area contributed by atoms with Crippen molar-refractivity contribution in [3.63, 3.8) is 0 Å². The van der Waals surface area contributed by atoms with Crippen molar-refractivity contribution >= 4 is 27.5 Å². The van der Waals surface area contributed by atoms with Crippen molar-refractivity contribution in [1.82, 2.24) is 14.8 Å². The molecule has 1 aromatic heterocycles. The van der Waals surface area contributed by atoms with Crippen LogP contribution in [-0.2, 0) is 0 Å². The summed E-state index contributed by atoms with van der Waals surface area (Å²) in [6.07, 6.45) is 0. The molecular weight excluding hydrogens is 380 g/mol. The van der Waals surface area contributed by atoms with E-state index in [1.165, 1.54) is 24.3 Å². The standard InChI is InChI=1S/C14H7BrClF2N3O/c15-7-1-4-12(11(18)5-7)21-13(19-14(22)20-21)9-3-2-8(16)6-10(9)17/h1-6H,(H,20,22). The van der Waals surface area contributed by atoms with Crippen LogP contribution in [0.3, 0.4) is 0 Å². The van der Waals surface area contributed by atoms with Gasteiger partial charge in [0.2, 0.25) is 0 Å². The maximum absolute atomic E-state index is 14.1. The molecule has 0 amide bonds. The molecule has 0 radical (unpaired) electrons. The zero-order valence-corrected chi connectivity index (χ0v) is 13.1. The second-order valence-corrected chi connectivity index (χ2v) is 5.76. The normalized spacial score (nSPS) is 10.9. The molecule has 0 aliphatic heterocycles. The number of H-pyrrole nitrogens is 1. The first kappa shape index (κ1) is 14.9. The first-order valence-corrected chi connectivity index (χ1v) is 7.23. The van der Waals surface area contributed by atoms with Crippen molar-refractivity contribution < 1.29 is 8.78 Å². The average Bonchev–Trinajstić information content (AvgIpc) is 2.80. The van der Waals surface area contributed by atoms with Crippen molar-refractivity contribution in [2.75, 3.05) is 0 Å². The summed E-state index contributed by atoms with van der Waals surface area (Å²) < 4.78 is 29.8. The number of nitrogens with one attached hydrogen (secondary N) is 1. The largest absolute Gasteiger partial charge is 0.362 e. The third-order valence-corrected chi connectivity index (χ3v) is 3.68. The second-order valence-electron chi connectivity index (χ2n) is 4.41. The fourth-order valence-electron chi connectivity index (χ4n) is 2.01. The highest BCUT2D eigenvalue weighted by molar-refractivity contribution is 9.10. The van der Waals surface area contributed by atoms with Crippen LogP contribution in [0.2, 0.25) is 5.02 Å². The quantitative estimate of drug-likeness (QED) is 0.726. The Kier molecular flexibility index (Phi) is 3.84. The summed E-state index contributed by atoms with van der Waals surface area (Å²) in [7, 11) is 0. The molecule has 4 nitrogen and oxygen atoms in total. The number of aromatic nitrogens is 3. The number of hydrogen-bond acceptors (Lipinski definition) is 2. The van der Waals surface area contributed by atoms with Gasteiger partial charge >= 0.3 is 5.69 Å². The van der Waals surface area contributed by atoms with E-state index in [0.29, 0.717) is 4.47 Å². The molecule has 1 heterocycles. The van der Waals surface area contributed by atoms with Crippen molar-refractivity contribution in [2.45, 2.75) is 0 Å². The Morgan fingerprint density at radius 2 is 1.91 bits per heavy atom. The maximum Gasteiger partial charge on any atom is 0.362 e. The maximum atomic E-state index is 14.1. The fourth-order valence-corrected chi connectivity index (χ4v) is 2.50. The molecule has 0 unspecified atom stereocenters. The molecule has 22 heavy (non-hydrogen) atoms. The van der Waals surface area contributed by atoms with Crippen LogP contribution in [0.1, 0.15) is 0 Å². The van der Waals surface area contributed by atoms with Gasteiger partial charge in [-0.1, -0.05) is 27.5 Å². The lowest BCUT2D eigenvalue weighted by molar-refractivity contribution is 0.607. The number of rotatable bonds is 2. The summed E-state index contributed by atoms with van der Waals surface area (Å²) in [6, 6.07) is 8.20. The number of nitrogens with zero attached hydrogens (tertiary/aromatic N) is 2. The first-order valence-electron chi connectivity index (χ1n) is 6.05. The Morgan fingerprint density at radius 1 is 1.14 bits per heavy atom. The SMILES string of the molecule is O=c1nc(-c2ccc(Cl)cc2F)n(-c2ccc(Br)cc2F)[nH]1. The van der Waals surface area contributed by atoms with Gasteiger partial charge in [0.15, 0.2) is 5.82 Å². The molecule has 112 valence electrons. The van der Waals surface area contributed by atoms with E-state index in [0.717, 1.165) is 10.7 Å². The zero-order chi connectivity index (χ0) is 15.9. The number of hydrogen-bond donors (Lipinski definition) is 1. The zero-order valence-electron chi connectivity index (χ0n) is 10.8. The van der Waals surface area contributed by atoms with Gasteiger partial charge in [-0.05, 0) is 36.4 Å². The summed E-state index contributed by atoms with van der Waals surface area (Å²) in [6.45, 7) is 0. The molecule has 3 rings (SSSR count). The predicted octanol–water partition coefficient (Wildman–Crippen LogP) is 3.92. The average molecular weight is 387 g/mol. The number of aromatic amines is 1. The molecule has 0 atom stereocenters. The van der Waals surface area contributed by atoms with Gasteiger partial charge in [-0.25, -0.2) is 23.4 Å². The van der Waals surface area contributed by atoms with Gasteiger partial charge in [0.05, 0.1) is 5.56 Å². The summed E-state index contributed by atoms with van der Waals surface area (Å²) in [5, 5.41) is 2.57. The van der Waals surface area contributed by atoms with Gasteiger partial charge in [-0.15, -0.1) is 0 Å². The molecule has 0 fully saturated rings. The Bertz CT molecular complexity index is 851. The molecule has 0 aliphatic carbocycles. The lowest BCUT2D eigenvalue weighted by Crippen LogP contribution is -2.06. The van der Waals surface area contributed by atoms with Gasteiger partial charge in [0, 0.05) is 9.50 Å².